The Morgan fingerprint density at radius 3 is 1.74 bits per heavy atom. The van der Waals surface area contributed by atoms with Crippen LogP contribution in [0.2, 0.25) is 0 Å². The highest BCUT2D eigenvalue weighted by Crippen LogP contribution is 2.28. The zero-order valence-electron chi connectivity index (χ0n) is 12.3. The maximum atomic E-state index is 2.42. The van der Waals surface area contributed by atoms with E-state index in [0.29, 0.717) is 12.1 Å². The van der Waals surface area contributed by atoms with Crippen molar-refractivity contribution in [2.24, 2.45) is 0 Å². The van der Waals surface area contributed by atoms with Gasteiger partial charge in [-0.05, 0) is 38.9 Å². The van der Waals surface area contributed by atoms with Gasteiger partial charge in [0.2, 0.25) is 0 Å². The van der Waals surface area contributed by atoms with Gasteiger partial charge in [-0.25, -0.2) is 0 Å². The molecule has 0 N–H and O–H groups in total. The second kappa shape index (κ2) is 6.03. The van der Waals surface area contributed by atoms with E-state index in [1.165, 1.54) is 16.7 Å². The highest BCUT2D eigenvalue weighted by Gasteiger charge is 2.18. The van der Waals surface area contributed by atoms with Crippen molar-refractivity contribution in [1.29, 1.82) is 0 Å². The number of aryl methyl sites for hydroxylation is 1. The number of nitrogens with zero attached hydrogens (tertiary/aromatic N) is 1. The van der Waals surface area contributed by atoms with E-state index in [9.17, 15) is 0 Å². The van der Waals surface area contributed by atoms with Crippen LogP contribution < -0.4 is 0 Å². The number of hydrogen-bond donors (Lipinski definition) is 0. The van der Waals surface area contributed by atoms with E-state index in [1.54, 1.807) is 0 Å². The van der Waals surface area contributed by atoms with Crippen molar-refractivity contribution in [3.8, 4) is 0 Å². The molecule has 2 aromatic rings. The third-order valence-electron chi connectivity index (χ3n) is 4.06. The van der Waals surface area contributed by atoms with Crippen LogP contribution in [0.1, 0.15) is 42.6 Å². The Morgan fingerprint density at radius 2 is 1.21 bits per heavy atom. The van der Waals surface area contributed by atoms with E-state index in [1.807, 2.05) is 0 Å². The lowest BCUT2D eigenvalue weighted by molar-refractivity contribution is 0.199. The molecule has 1 heteroatoms. The highest BCUT2D eigenvalue weighted by molar-refractivity contribution is 5.25. The number of hydrogen-bond acceptors (Lipinski definition) is 1. The smallest absolute Gasteiger partial charge is 0.0322 e. The normalized spacial score (nSPS) is 14.4. The molecule has 0 radical (unpaired) electrons. The van der Waals surface area contributed by atoms with Crippen LogP contribution >= 0.6 is 0 Å². The molecule has 1 nitrogen and oxygen atoms in total. The lowest BCUT2D eigenvalue weighted by atomic mass is 10.0. The molecule has 2 rings (SSSR count). The molecule has 0 bridgehead atoms. The van der Waals surface area contributed by atoms with Crippen molar-refractivity contribution in [3.05, 3.63) is 71.3 Å². The van der Waals surface area contributed by atoms with Crippen LogP contribution in [0.25, 0.3) is 0 Å². The SMILES string of the molecule is Cc1ccc([C@H](C)N(C)[C@@H](C)c2ccccc2)cc1. The van der Waals surface area contributed by atoms with E-state index >= 15 is 0 Å². The summed E-state index contributed by atoms with van der Waals surface area (Å²) in [6.45, 7) is 6.66. The van der Waals surface area contributed by atoms with Gasteiger partial charge in [0, 0.05) is 12.1 Å². The Bertz CT molecular complexity index is 501. The van der Waals surface area contributed by atoms with Gasteiger partial charge in [0.1, 0.15) is 0 Å². The Hall–Kier alpha value is -1.60. The quantitative estimate of drug-likeness (QED) is 0.760. The maximum absolute atomic E-state index is 2.42. The van der Waals surface area contributed by atoms with Crippen LogP contribution in [0.3, 0.4) is 0 Å². The second-order valence-electron chi connectivity index (χ2n) is 5.34. The first-order chi connectivity index (χ1) is 9.09. The molecule has 0 aliphatic rings. The lowest BCUT2D eigenvalue weighted by Crippen LogP contribution is -2.25. The van der Waals surface area contributed by atoms with Crippen molar-refractivity contribution < 1.29 is 0 Å². The van der Waals surface area contributed by atoms with E-state index < -0.39 is 0 Å². The van der Waals surface area contributed by atoms with Gasteiger partial charge in [0.25, 0.3) is 0 Å². The Balaban J connectivity index is 2.15. The topological polar surface area (TPSA) is 3.24 Å². The third-order valence-corrected chi connectivity index (χ3v) is 4.06. The summed E-state index contributed by atoms with van der Waals surface area (Å²) in [6.07, 6.45) is 0. The van der Waals surface area contributed by atoms with Crippen LogP contribution in [-0.2, 0) is 0 Å². The predicted octanol–water partition coefficient (Wildman–Crippen LogP) is 4.75. The highest BCUT2D eigenvalue weighted by atomic mass is 15.1. The number of rotatable bonds is 4. The summed E-state index contributed by atoms with van der Waals surface area (Å²) in [6, 6.07) is 20.3. The average molecular weight is 253 g/mol. The zero-order valence-corrected chi connectivity index (χ0v) is 12.3. The molecule has 19 heavy (non-hydrogen) atoms. The summed E-state index contributed by atoms with van der Waals surface area (Å²) >= 11 is 0. The molecule has 0 aliphatic carbocycles. The van der Waals surface area contributed by atoms with Crippen LogP contribution in [0.4, 0.5) is 0 Å². The molecule has 0 amide bonds. The van der Waals surface area contributed by atoms with Crippen LogP contribution in [0, 0.1) is 6.92 Å². The fraction of sp³-hybridized carbons (Fsp3) is 0.333. The Kier molecular flexibility index (Phi) is 4.39. The monoisotopic (exact) mass is 253 g/mol. The van der Waals surface area contributed by atoms with Crippen molar-refractivity contribution in [2.75, 3.05) is 7.05 Å². The van der Waals surface area contributed by atoms with Gasteiger partial charge in [-0.15, -0.1) is 0 Å². The van der Waals surface area contributed by atoms with Crippen LogP contribution in [0.5, 0.6) is 0 Å². The summed E-state index contributed by atoms with van der Waals surface area (Å²) in [5.41, 5.74) is 4.05. The molecular weight excluding hydrogens is 230 g/mol. The summed E-state index contributed by atoms with van der Waals surface area (Å²) < 4.78 is 0. The molecule has 2 aromatic carbocycles. The van der Waals surface area contributed by atoms with Gasteiger partial charge < -0.3 is 0 Å². The molecule has 2 atom stereocenters. The fourth-order valence-electron chi connectivity index (χ4n) is 2.38. The largest absolute Gasteiger partial charge is 0.293 e. The second-order valence-corrected chi connectivity index (χ2v) is 5.34. The first-order valence-electron chi connectivity index (χ1n) is 6.93. The summed E-state index contributed by atoms with van der Waals surface area (Å²) in [4.78, 5) is 2.42. The molecule has 0 heterocycles. The van der Waals surface area contributed by atoms with Crippen molar-refractivity contribution in [3.63, 3.8) is 0 Å². The molecule has 0 saturated carbocycles. The first kappa shape index (κ1) is 13.8. The van der Waals surface area contributed by atoms with Gasteiger partial charge in [0.15, 0.2) is 0 Å². The minimum Gasteiger partial charge on any atom is -0.293 e. The molecule has 100 valence electrons. The standard InChI is InChI=1S/C18H23N/c1-14-10-12-18(13-11-14)16(3)19(4)15(2)17-8-6-5-7-9-17/h5-13,15-16H,1-4H3/t15-,16-/m0/s1. The van der Waals surface area contributed by atoms with E-state index in [0.717, 1.165) is 0 Å². The summed E-state index contributed by atoms with van der Waals surface area (Å²) in [7, 11) is 2.20. The van der Waals surface area contributed by atoms with E-state index in [2.05, 4.69) is 87.3 Å². The molecule has 0 saturated heterocycles. The molecule has 0 spiro atoms. The predicted molar refractivity (Wildman–Crippen MR) is 82.2 cm³/mol. The minimum absolute atomic E-state index is 0.413. The minimum atomic E-state index is 0.413. The Labute approximate surface area is 116 Å². The molecule has 0 fully saturated rings. The summed E-state index contributed by atoms with van der Waals surface area (Å²) in [5.74, 6) is 0. The van der Waals surface area contributed by atoms with Crippen molar-refractivity contribution in [2.45, 2.75) is 32.9 Å². The van der Waals surface area contributed by atoms with Gasteiger partial charge in [-0.2, -0.15) is 0 Å². The third kappa shape index (κ3) is 3.24. The van der Waals surface area contributed by atoms with Gasteiger partial charge in [-0.3, -0.25) is 4.90 Å². The molecule has 0 aromatic heterocycles. The summed E-state index contributed by atoms with van der Waals surface area (Å²) in [5, 5.41) is 0. The van der Waals surface area contributed by atoms with Crippen LogP contribution in [0.15, 0.2) is 54.6 Å². The lowest BCUT2D eigenvalue weighted by Gasteiger charge is -2.31. The van der Waals surface area contributed by atoms with Gasteiger partial charge in [-0.1, -0.05) is 60.2 Å². The maximum Gasteiger partial charge on any atom is 0.0322 e. The van der Waals surface area contributed by atoms with E-state index in [-0.39, 0.29) is 0 Å². The average Bonchev–Trinajstić information content (AvgIpc) is 2.46. The van der Waals surface area contributed by atoms with Crippen molar-refractivity contribution >= 4 is 0 Å². The van der Waals surface area contributed by atoms with E-state index in [4.69, 9.17) is 0 Å². The molecule has 0 unspecified atom stereocenters. The zero-order chi connectivity index (χ0) is 13.8. The number of benzene rings is 2. The fourth-order valence-corrected chi connectivity index (χ4v) is 2.38. The van der Waals surface area contributed by atoms with Crippen molar-refractivity contribution in [1.82, 2.24) is 4.90 Å². The van der Waals surface area contributed by atoms with Gasteiger partial charge >= 0.3 is 0 Å². The Morgan fingerprint density at radius 1 is 0.737 bits per heavy atom. The molecule has 0 aliphatic heterocycles. The van der Waals surface area contributed by atoms with Gasteiger partial charge in [0.05, 0.1) is 0 Å². The molecular formula is C18H23N. The van der Waals surface area contributed by atoms with Crippen LogP contribution in [-0.4, -0.2) is 11.9 Å². The first-order valence-corrected chi connectivity index (χ1v) is 6.93.